The van der Waals surface area contributed by atoms with Crippen LogP contribution in [0.3, 0.4) is 0 Å². The Morgan fingerprint density at radius 2 is 1.03 bits per heavy atom. The van der Waals surface area contributed by atoms with Crippen molar-refractivity contribution in [2.24, 2.45) is 35.5 Å². The second-order valence-corrected chi connectivity index (χ2v) is 15.5. The van der Waals surface area contributed by atoms with Gasteiger partial charge < -0.3 is 5.11 Å². The summed E-state index contributed by atoms with van der Waals surface area (Å²) in [5.41, 5.74) is 0. The molecular formula is C26H43O2P. The van der Waals surface area contributed by atoms with E-state index in [1.807, 2.05) is 0 Å². The number of unbranched alkanes of at least 4 members (excludes halogenated alkanes) is 1. The number of hydrogen-bond donors (Lipinski definition) is 1. The van der Waals surface area contributed by atoms with E-state index in [0.29, 0.717) is 0 Å². The summed E-state index contributed by atoms with van der Waals surface area (Å²) in [5.74, 6) is 6.12. The molecule has 8 fully saturated rings. The summed E-state index contributed by atoms with van der Waals surface area (Å²) in [6.07, 6.45) is 24.6. The van der Waals surface area contributed by atoms with Crippen molar-refractivity contribution in [1.29, 1.82) is 0 Å². The van der Waals surface area contributed by atoms with Gasteiger partial charge in [-0.05, 0) is 135 Å². The van der Waals surface area contributed by atoms with E-state index in [0.717, 1.165) is 52.7 Å². The van der Waals surface area contributed by atoms with E-state index in [4.69, 9.17) is 9.90 Å². The highest BCUT2D eigenvalue weighted by Gasteiger charge is 2.62. The lowest BCUT2D eigenvalue weighted by molar-refractivity contribution is -0.134. The number of hydrogen-bond acceptors (Lipinski definition) is 1. The van der Waals surface area contributed by atoms with Gasteiger partial charge in [-0.15, -0.1) is 0 Å². The van der Waals surface area contributed by atoms with E-state index in [-0.39, 0.29) is 7.92 Å². The fourth-order valence-corrected chi connectivity index (χ4v) is 15.5. The van der Waals surface area contributed by atoms with Crippen LogP contribution in [-0.4, -0.2) is 27.5 Å². The van der Waals surface area contributed by atoms with Crippen molar-refractivity contribution in [2.75, 3.05) is 6.16 Å². The highest BCUT2D eigenvalue weighted by Crippen LogP contribution is 2.78. The van der Waals surface area contributed by atoms with Crippen LogP contribution < -0.4 is 0 Å². The average Bonchev–Trinajstić information content (AvgIpc) is 2.58. The quantitative estimate of drug-likeness (QED) is 0.476. The van der Waals surface area contributed by atoms with E-state index >= 15 is 0 Å². The predicted octanol–water partition coefficient (Wildman–Crippen LogP) is 7.30. The first-order valence-electron chi connectivity index (χ1n) is 12.9. The van der Waals surface area contributed by atoms with Gasteiger partial charge >= 0.3 is 0 Å². The van der Waals surface area contributed by atoms with Gasteiger partial charge in [0.25, 0.3) is 5.97 Å². The van der Waals surface area contributed by atoms with Crippen LogP contribution in [0.4, 0.5) is 0 Å². The Balaban J connectivity index is 0.000000419. The fraction of sp³-hybridized carbons (Fsp3) is 0.962. The highest BCUT2D eigenvalue weighted by molar-refractivity contribution is 7.61. The molecule has 0 heterocycles. The molecule has 0 aliphatic heterocycles. The van der Waals surface area contributed by atoms with Crippen molar-refractivity contribution < 1.29 is 9.90 Å². The van der Waals surface area contributed by atoms with Crippen LogP contribution in [-0.2, 0) is 4.79 Å². The van der Waals surface area contributed by atoms with Gasteiger partial charge in [0.2, 0.25) is 0 Å². The number of rotatable bonds is 5. The lowest BCUT2D eigenvalue weighted by atomic mass is 9.55. The number of carboxylic acids is 1. The van der Waals surface area contributed by atoms with E-state index in [9.17, 15) is 0 Å². The molecule has 0 radical (unpaired) electrons. The van der Waals surface area contributed by atoms with Gasteiger partial charge in [-0.1, -0.05) is 21.3 Å². The second kappa shape index (κ2) is 7.79. The standard InChI is InChI=1S/C24H39P.C2H4O2/c1-2-3-4-25(23-11-17-5-18(12-23)7-19(6-17)13-23)24-14-20-8-21(15-24)10-22(9-20)16-24;1-2(3)4/h17-22H,2-16H2,1H3;1H3,(H,3,4). The van der Waals surface area contributed by atoms with Crippen molar-refractivity contribution >= 4 is 13.9 Å². The van der Waals surface area contributed by atoms with Gasteiger partial charge in [0.15, 0.2) is 0 Å². The molecule has 0 aromatic heterocycles. The molecule has 164 valence electrons. The maximum atomic E-state index is 9.00. The summed E-state index contributed by atoms with van der Waals surface area (Å²) in [4.78, 5) is 9.00. The number of aliphatic carboxylic acids is 1. The SMILES string of the molecule is CC(=O)O.CCCCP(C12CC3CC(CC(C3)C1)C2)C12CC3CC(CC(C3)C1)C2. The summed E-state index contributed by atoms with van der Waals surface area (Å²) in [5, 5.41) is 9.18. The van der Waals surface area contributed by atoms with E-state index in [2.05, 4.69) is 6.92 Å². The Morgan fingerprint density at radius 3 is 1.28 bits per heavy atom. The highest BCUT2D eigenvalue weighted by atomic mass is 31.1. The second-order valence-electron chi connectivity index (χ2n) is 12.3. The molecule has 3 heteroatoms. The van der Waals surface area contributed by atoms with E-state index in [1.165, 1.54) is 6.42 Å². The number of carbonyl (C=O) groups is 1. The minimum Gasteiger partial charge on any atom is -0.481 e. The third-order valence-corrected chi connectivity index (χ3v) is 14.0. The zero-order valence-electron chi connectivity index (χ0n) is 18.9. The third kappa shape index (κ3) is 3.83. The topological polar surface area (TPSA) is 37.3 Å². The summed E-state index contributed by atoms with van der Waals surface area (Å²) in [7, 11) is 0.285. The molecule has 0 amide bonds. The largest absolute Gasteiger partial charge is 0.481 e. The molecular weight excluding hydrogens is 375 g/mol. The molecule has 0 aromatic rings. The van der Waals surface area contributed by atoms with Gasteiger partial charge in [-0.2, -0.15) is 0 Å². The van der Waals surface area contributed by atoms with Crippen molar-refractivity contribution in [1.82, 2.24) is 0 Å². The predicted molar refractivity (Wildman–Crippen MR) is 122 cm³/mol. The Labute approximate surface area is 179 Å². The van der Waals surface area contributed by atoms with Crippen molar-refractivity contribution in [3.8, 4) is 0 Å². The smallest absolute Gasteiger partial charge is 0.300 e. The van der Waals surface area contributed by atoms with E-state index < -0.39 is 5.97 Å². The minimum atomic E-state index is -0.833. The van der Waals surface area contributed by atoms with Crippen LogP contribution in [0.2, 0.25) is 0 Å². The molecule has 2 nitrogen and oxygen atoms in total. The summed E-state index contributed by atoms with van der Waals surface area (Å²) < 4.78 is 0. The number of carboxylic acid groups (broad SMARTS) is 1. The minimum absolute atomic E-state index is 0.285. The van der Waals surface area contributed by atoms with Gasteiger partial charge in [-0.25, -0.2) is 0 Å². The van der Waals surface area contributed by atoms with E-state index in [1.54, 1.807) is 89.6 Å². The molecule has 0 unspecified atom stereocenters. The van der Waals surface area contributed by atoms with Gasteiger partial charge in [0.1, 0.15) is 0 Å². The monoisotopic (exact) mass is 418 g/mol. The van der Waals surface area contributed by atoms with Crippen LogP contribution in [0, 0.1) is 35.5 Å². The van der Waals surface area contributed by atoms with Crippen LogP contribution in [0.1, 0.15) is 104 Å². The van der Waals surface area contributed by atoms with Gasteiger partial charge in [0.05, 0.1) is 0 Å². The first-order chi connectivity index (χ1) is 13.9. The zero-order valence-corrected chi connectivity index (χ0v) is 19.8. The Hall–Kier alpha value is -0.100. The Morgan fingerprint density at radius 1 is 0.759 bits per heavy atom. The summed E-state index contributed by atoms with van der Waals surface area (Å²) in [6.45, 7) is 3.53. The lowest BCUT2D eigenvalue weighted by Crippen LogP contribution is -2.56. The van der Waals surface area contributed by atoms with Gasteiger partial charge in [-0.3, -0.25) is 4.79 Å². The molecule has 8 aliphatic carbocycles. The van der Waals surface area contributed by atoms with Crippen molar-refractivity contribution in [2.45, 2.75) is 114 Å². The van der Waals surface area contributed by atoms with Crippen molar-refractivity contribution in [3.63, 3.8) is 0 Å². The lowest BCUT2D eigenvalue weighted by Gasteiger charge is -2.67. The van der Waals surface area contributed by atoms with Crippen molar-refractivity contribution in [3.05, 3.63) is 0 Å². The maximum absolute atomic E-state index is 9.00. The van der Waals surface area contributed by atoms with Gasteiger partial charge in [0, 0.05) is 6.92 Å². The summed E-state index contributed by atoms with van der Waals surface area (Å²) >= 11 is 0. The maximum Gasteiger partial charge on any atom is 0.300 e. The fourth-order valence-electron chi connectivity index (χ4n) is 10.1. The van der Waals surface area contributed by atoms with Crippen LogP contribution in [0.5, 0.6) is 0 Å². The molecule has 8 bridgehead atoms. The van der Waals surface area contributed by atoms with Crippen LogP contribution >= 0.6 is 7.92 Å². The molecule has 29 heavy (non-hydrogen) atoms. The summed E-state index contributed by atoms with van der Waals surface area (Å²) in [6, 6.07) is 0. The molecule has 8 saturated carbocycles. The molecule has 0 atom stereocenters. The molecule has 0 aromatic carbocycles. The molecule has 0 spiro atoms. The molecule has 0 saturated heterocycles. The molecule has 8 rings (SSSR count). The van der Waals surface area contributed by atoms with Crippen LogP contribution in [0.15, 0.2) is 0 Å². The first-order valence-corrected chi connectivity index (χ1v) is 14.4. The Kier molecular flexibility index (Phi) is 5.58. The average molecular weight is 419 g/mol. The molecule has 1 N–H and O–H groups in total. The third-order valence-electron chi connectivity index (χ3n) is 9.89. The zero-order chi connectivity index (χ0) is 20.2. The Bertz CT molecular complexity index is 508. The molecule has 8 aliphatic rings. The normalized spacial score (nSPS) is 49.6. The first kappa shape index (κ1) is 20.8. The van der Waals surface area contributed by atoms with Crippen LogP contribution in [0.25, 0.3) is 0 Å².